The molecule has 2 aromatic heterocycles. The van der Waals surface area contributed by atoms with Gasteiger partial charge in [-0.2, -0.15) is 5.10 Å². The van der Waals surface area contributed by atoms with Crippen LogP contribution in [0.3, 0.4) is 0 Å². The first kappa shape index (κ1) is 14.2. The summed E-state index contributed by atoms with van der Waals surface area (Å²) >= 11 is 0. The number of benzene rings is 1. The van der Waals surface area contributed by atoms with E-state index in [4.69, 9.17) is 4.74 Å². The Hall–Kier alpha value is -2.76. The van der Waals surface area contributed by atoms with Gasteiger partial charge in [0, 0.05) is 12.6 Å². The summed E-state index contributed by atoms with van der Waals surface area (Å²) in [6, 6.07) is 10.0. The first-order chi connectivity index (χ1) is 10.7. The van der Waals surface area contributed by atoms with E-state index in [2.05, 4.69) is 10.1 Å². The summed E-state index contributed by atoms with van der Waals surface area (Å²) in [4.78, 5) is 16.3. The summed E-state index contributed by atoms with van der Waals surface area (Å²) in [5, 5.41) is 4.13. The molecule has 0 saturated heterocycles. The number of halogens is 1. The van der Waals surface area contributed by atoms with Gasteiger partial charge in [0.1, 0.15) is 5.82 Å². The van der Waals surface area contributed by atoms with Gasteiger partial charge in [-0.15, -0.1) is 0 Å². The number of carbonyl (C=O) groups excluding carboxylic acids is 1. The summed E-state index contributed by atoms with van der Waals surface area (Å²) < 4.78 is 20.2. The van der Waals surface area contributed by atoms with Crippen LogP contribution in [-0.2, 0) is 11.2 Å². The van der Waals surface area contributed by atoms with Crippen molar-refractivity contribution < 1.29 is 13.9 Å². The van der Waals surface area contributed by atoms with Crippen molar-refractivity contribution in [1.82, 2.24) is 14.6 Å². The summed E-state index contributed by atoms with van der Waals surface area (Å²) in [7, 11) is 0. The highest BCUT2D eigenvalue weighted by Gasteiger charge is 2.19. The quantitative estimate of drug-likeness (QED) is 0.695. The first-order valence-electron chi connectivity index (χ1n) is 6.94. The fourth-order valence-corrected chi connectivity index (χ4v) is 2.27. The minimum atomic E-state index is -0.545. The Kier molecular flexibility index (Phi) is 3.82. The number of hydrogen-bond donors (Lipinski definition) is 0. The largest absolute Gasteiger partial charge is 0.460 e. The first-order valence-corrected chi connectivity index (χ1v) is 6.94. The number of nitrogens with zero attached hydrogens (tertiary/aromatic N) is 3. The molecule has 0 saturated carbocycles. The van der Waals surface area contributed by atoms with Crippen LogP contribution in [0.4, 0.5) is 4.39 Å². The van der Waals surface area contributed by atoms with E-state index in [-0.39, 0.29) is 24.7 Å². The van der Waals surface area contributed by atoms with E-state index in [0.717, 1.165) is 0 Å². The van der Waals surface area contributed by atoms with Crippen molar-refractivity contribution in [1.29, 1.82) is 0 Å². The van der Waals surface area contributed by atoms with Gasteiger partial charge in [-0.05, 0) is 30.7 Å². The van der Waals surface area contributed by atoms with Crippen molar-refractivity contribution >= 4 is 11.5 Å². The molecule has 2 heterocycles. The lowest BCUT2D eigenvalue weighted by molar-refractivity contribution is 0.0509. The van der Waals surface area contributed by atoms with Gasteiger partial charge in [0.25, 0.3) is 0 Å². The van der Waals surface area contributed by atoms with Crippen LogP contribution in [-0.4, -0.2) is 27.2 Å². The van der Waals surface area contributed by atoms with Crippen LogP contribution in [0.5, 0.6) is 0 Å². The zero-order valence-corrected chi connectivity index (χ0v) is 12.0. The molecule has 6 heteroatoms. The third-order valence-electron chi connectivity index (χ3n) is 3.26. The van der Waals surface area contributed by atoms with Crippen molar-refractivity contribution in [2.24, 2.45) is 0 Å². The summed E-state index contributed by atoms with van der Waals surface area (Å²) in [6.07, 6.45) is 1.84. The lowest BCUT2D eigenvalue weighted by Gasteiger charge is -2.00. The summed E-state index contributed by atoms with van der Waals surface area (Å²) in [5.74, 6) is -0.745. The monoisotopic (exact) mass is 299 g/mol. The molecule has 5 nitrogen and oxygen atoms in total. The van der Waals surface area contributed by atoms with Crippen LogP contribution in [0, 0.1) is 5.82 Å². The third kappa shape index (κ3) is 2.55. The fourth-order valence-electron chi connectivity index (χ4n) is 2.27. The smallest absolute Gasteiger partial charge is 0.376 e. The average molecular weight is 299 g/mol. The van der Waals surface area contributed by atoms with Crippen LogP contribution >= 0.6 is 0 Å². The Morgan fingerprint density at radius 1 is 1.27 bits per heavy atom. The van der Waals surface area contributed by atoms with Gasteiger partial charge < -0.3 is 4.74 Å². The minimum absolute atomic E-state index is 0.101. The van der Waals surface area contributed by atoms with Crippen molar-refractivity contribution in [2.45, 2.75) is 13.3 Å². The Morgan fingerprint density at radius 3 is 2.86 bits per heavy atom. The maximum atomic E-state index is 13.8. The van der Waals surface area contributed by atoms with E-state index >= 15 is 0 Å². The van der Waals surface area contributed by atoms with Gasteiger partial charge >= 0.3 is 5.97 Å². The zero-order chi connectivity index (χ0) is 15.5. The van der Waals surface area contributed by atoms with Gasteiger partial charge in [0.15, 0.2) is 0 Å². The molecule has 0 aliphatic rings. The molecule has 112 valence electrons. The molecule has 0 unspecified atom stereocenters. The second-order valence-corrected chi connectivity index (χ2v) is 4.69. The normalized spacial score (nSPS) is 10.8. The average Bonchev–Trinajstić information content (AvgIpc) is 2.89. The molecular weight excluding hydrogens is 285 g/mol. The lowest BCUT2D eigenvalue weighted by Crippen LogP contribution is -2.10. The molecule has 0 amide bonds. The highest BCUT2D eigenvalue weighted by molar-refractivity contribution is 5.87. The Labute approximate surface area is 126 Å². The fraction of sp³-hybridized carbons (Fsp3) is 0.188. The SMILES string of the molecule is CCOC(=O)c1nc(Cc2ccccc2F)c2cccnn12. The molecule has 0 aliphatic carbocycles. The molecule has 0 radical (unpaired) electrons. The molecule has 0 bridgehead atoms. The molecule has 0 aliphatic heterocycles. The predicted octanol–water partition coefficient (Wildman–Crippen LogP) is 2.64. The second-order valence-electron chi connectivity index (χ2n) is 4.69. The number of hydrogen-bond acceptors (Lipinski definition) is 4. The maximum absolute atomic E-state index is 13.8. The van der Waals surface area contributed by atoms with Crippen molar-refractivity contribution in [2.75, 3.05) is 6.61 Å². The molecular formula is C16H14FN3O2. The van der Waals surface area contributed by atoms with Crippen molar-refractivity contribution in [3.8, 4) is 0 Å². The van der Waals surface area contributed by atoms with E-state index in [9.17, 15) is 9.18 Å². The third-order valence-corrected chi connectivity index (χ3v) is 3.26. The van der Waals surface area contributed by atoms with Crippen molar-refractivity contribution in [3.63, 3.8) is 0 Å². The van der Waals surface area contributed by atoms with Crippen LogP contribution in [0.2, 0.25) is 0 Å². The predicted molar refractivity (Wildman–Crippen MR) is 78.1 cm³/mol. The summed E-state index contributed by atoms with van der Waals surface area (Å²) in [5.41, 5.74) is 1.76. The van der Waals surface area contributed by atoms with Crippen LogP contribution < -0.4 is 0 Å². The topological polar surface area (TPSA) is 56.5 Å². The van der Waals surface area contributed by atoms with Gasteiger partial charge in [-0.1, -0.05) is 18.2 Å². The standard InChI is InChI=1S/C16H14FN3O2/c1-2-22-16(21)15-19-13(14-8-5-9-18-20(14)15)10-11-6-3-4-7-12(11)17/h3-9H,2,10H2,1H3. The number of imidazole rings is 1. The molecule has 0 fully saturated rings. The number of fused-ring (bicyclic) bond motifs is 1. The second kappa shape index (κ2) is 5.93. The Balaban J connectivity index is 2.07. The van der Waals surface area contributed by atoms with Crippen molar-refractivity contribution in [3.05, 3.63) is 65.5 Å². The molecule has 0 N–H and O–H groups in total. The zero-order valence-electron chi connectivity index (χ0n) is 12.0. The number of aromatic nitrogens is 3. The lowest BCUT2D eigenvalue weighted by atomic mass is 10.1. The molecule has 22 heavy (non-hydrogen) atoms. The Bertz CT molecular complexity index is 829. The van der Waals surface area contributed by atoms with Gasteiger partial charge in [0.2, 0.25) is 5.82 Å². The molecule has 3 aromatic rings. The van der Waals surface area contributed by atoms with Gasteiger partial charge in [-0.25, -0.2) is 18.7 Å². The van der Waals surface area contributed by atoms with E-state index in [1.165, 1.54) is 10.6 Å². The van der Waals surface area contributed by atoms with E-state index in [0.29, 0.717) is 16.8 Å². The number of esters is 1. The van der Waals surface area contributed by atoms with E-state index in [1.807, 2.05) is 0 Å². The van der Waals surface area contributed by atoms with Gasteiger partial charge in [0.05, 0.1) is 17.8 Å². The van der Waals surface area contributed by atoms with Crippen LogP contribution in [0.25, 0.3) is 5.52 Å². The van der Waals surface area contributed by atoms with E-state index < -0.39 is 5.97 Å². The number of ether oxygens (including phenoxy) is 1. The van der Waals surface area contributed by atoms with Crippen LogP contribution in [0.15, 0.2) is 42.6 Å². The van der Waals surface area contributed by atoms with E-state index in [1.54, 1.807) is 43.5 Å². The highest BCUT2D eigenvalue weighted by Crippen LogP contribution is 2.18. The minimum Gasteiger partial charge on any atom is -0.460 e. The van der Waals surface area contributed by atoms with Gasteiger partial charge in [-0.3, -0.25) is 0 Å². The number of rotatable bonds is 4. The molecule has 0 spiro atoms. The maximum Gasteiger partial charge on any atom is 0.376 e. The Morgan fingerprint density at radius 2 is 2.09 bits per heavy atom. The summed E-state index contributed by atoms with van der Waals surface area (Å²) in [6.45, 7) is 1.98. The molecule has 3 rings (SSSR count). The highest BCUT2D eigenvalue weighted by atomic mass is 19.1. The van der Waals surface area contributed by atoms with Crippen LogP contribution in [0.1, 0.15) is 28.8 Å². The number of carbonyl (C=O) groups is 1. The molecule has 0 atom stereocenters. The molecule has 1 aromatic carbocycles.